The molecule has 5 rings (SSSR count). The first-order valence-electron chi connectivity index (χ1n) is 11.5. The average molecular weight is 420 g/mol. The Balaban J connectivity index is 1.22. The molecule has 0 saturated heterocycles. The molecule has 0 bridgehead atoms. The summed E-state index contributed by atoms with van der Waals surface area (Å²) in [5.41, 5.74) is 4.73. The molecular weight excluding hydrogens is 390 g/mol. The fraction of sp³-hybridized carbons (Fsp3) is 0.462. The summed E-state index contributed by atoms with van der Waals surface area (Å²) < 4.78 is 11.3. The van der Waals surface area contributed by atoms with Gasteiger partial charge in [-0.1, -0.05) is 61.4 Å². The van der Waals surface area contributed by atoms with Gasteiger partial charge in [-0.3, -0.25) is 0 Å². The predicted molar refractivity (Wildman–Crippen MR) is 118 cm³/mol. The molecule has 2 aromatic carbocycles. The maximum Gasteiger partial charge on any atom is 0.407 e. The molecule has 0 aliphatic heterocycles. The van der Waals surface area contributed by atoms with Crippen LogP contribution in [0.1, 0.15) is 62.0 Å². The van der Waals surface area contributed by atoms with Crippen molar-refractivity contribution in [3.8, 4) is 11.1 Å². The lowest BCUT2D eigenvalue weighted by Crippen LogP contribution is -2.43. The Bertz CT molecular complexity index is 916. The second-order valence-electron chi connectivity index (χ2n) is 9.04. The third kappa shape index (κ3) is 4.46. The summed E-state index contributed by atoms with van der Waals surface area (Å²) in [5, 5.41) is 2.80. The van der Waals surface area contributed by atoms with Crippen molar-refractivity contribution in [1.29, 1.82) is 0 Å². The minimum Gasteiger partial charge on any atom is -0.461 e. The fourth-order valence-electron chi connectivity index (χ4n) is 4.94. The summed E-state index contributed by atoms with van der Waals surface area (Å²) in [7, 11) is 0. The van der Waals surface area contributed by atoms with Gasteiger partial charge in [-0.15, -0.1) is 0 Å². The van der Waals surface area contributed by atoms with Crippen LogP contribution in [0.5, 0.6) is 0 Å². The van der Waals surface area contributed by atoms with Crippen molar-refractivity contribution >= 4 is 12.1 Å². The number of carbonyl (C=O) groups excluding carboxylic acids is 2. The van der Waals surface area contributed by atoms with Gasteiger partial charge in [-0.2, -0.15) is 0 Å². The Hall–Kier alpha value is -2.82. The number of hydrogen-bond donors (Lipinski definition) is 1. The first-order valence-corrected chi connectivity index (χ1v) is 11.5. The van der Waals surface area contributed by atoms with Crippen molar-refractivity contribution in [1.82, 2.24) is 5.32 Å². The quantitative estimate of drug-likeness (QED) is 0.628. The van der Waals surface area contributed by atoms with Gasteiger partial charge in [0.2, 0.25) is 0 Å². The van der Waals surface area contributed by atoms with Crippen molar-refractivity contribution in [3.63, 3.8) is 0 Å². The Morgan fingerprint density at radius 3 is 2.13 bits per heavy atom. The van der Waals surface area contributed by atoms with E-state index in [9.17, 15) is 9.59 Å². The van der Waals surface area contributed by atoms with E-state index in [0.29, 0.717) is 12.3 Å². The van der Waals surface area contributed by atoms with E-state index in [1.807, 2.05) is 24.3 Å². The second kappa shape index (κ2) is 8.74. The third-order valence-corrected chi connectivity index (χ3v) is 6.77. The van der Waals surface area contributed by atoms with E-state index in [-0.39, 0.29) is 24.6 Å². The highest BCUT2D eigenvalue weighted by Crippen LogP contribution is 2.44. The maximum atomic E-state index is 12.7. The van der Waals surface area contributed by atoms with E-state index in [0.717, 1.165) is 38.5 Å². The molecule has 3 aliphatic rings. The monoisotopic (exact) mass is 419 g/mol. The van der Waals surface area contributed by atoms with Gasteiger partial charge in [0.05, 0.1) is 0 Å². The molecule has 3 aliphatic carbocycles. The number of hydrogen-bond acceptors (Lipinski definition) is 4. The van der Waals surface area contributed by atoms with Crippen LogP contribution in [0, 0.1) is 5.92 Å². The summed E-state index contributed by atoms with van der Waals surface area (Å²) >= 11 is 0. The summed E-state index contributed by atoms with van der Waals surface area (Å²) in [6.45, 7) is 0.244. The number of benzene rings is 2. The van der Waals surface area contributed by atoms with Crippen LogP contribution in [0.4, 0.5) is 4.79 Å². The number of amides is 1. The van der Waals surface area contributed by atoms with Gasteiger partial charge in [0.15, 0.2) is 0 Å². The van der Waals surface area contributed by atoms with E-state index >= 15 is 0 Å². The van der Waals surface area contributed by atoms with Crippen LogP contribution in [0.3, 0.4) is 0 Å². The van der Waals surface area contributed by atoms with Gasteiger partial charge >= 0.3 is 12.1 Å². The number of ether oxygens (including phenoxy) is 2. The van der Waals surface area contributed by atoms with Crippen molar-refractivity contribution in [2.45, 2.75) is 63.0 Å². The predicted octanol–water partition coefficient (Wildman–Crippen LogP) is 5.18. The van der Waals surface area contributed by atoms with E-state index < -0.39 is 12.1 Å². The third-order valence-electron chi connectivity index (χ3n) is 6.77. The highest BCUT2D eigenvalue weighted by Gasteiger charge is 2.34. The lowest BCUT2D eigenvalue weighted by Gasteiger charge is -2.21. The zero-order valence-corrected chi connectivity index (χ0v) is 17.7. The normalized spacial score (nSPS) is 18.8. The van der Waals surface area contributed by atoms with Crippen LogP contribution in [0.25, 0.3) is 11.1 Å². The van der Waals surface area contributed by atoms with Gasteiger partial charge in [-0.05, 0) is 60.3 Å². The van der Waals surface area contributed by atoms with E-state index in [1.54, 1.807) is 0 Å². The molecule has 2 fully saturated rings. The minimum absolute atomic E-state index is 0.00137. The molecule has 162 valence electrons. The van der Waals surface area contributed by atoms with Gasteiger partial charge in [0.1, 0.15) is 18.8 Å². The molecule has 2 aromatic rings. The number of alkyl carbamates (subject to hydrolysis) is 1. The summed E-state index contributed by atoms with van der Waals surface area (Å²) in [5.74, 6) is 0.188. The largest absolute Gasteiger partial charge is 0.461 e. The molecule has 0 aromatic heterocycles. The number of esters is 1. The molecule has 0 spiro atoms. The minimum atomic E-state index is -0.622. The van der Waals surface area contributed by atoms with E-state index in [2.05, 4.69) is 29.6 Å². The van der Waals surface area contributed by atoms with Crippen molar-refractivity contribution in [2.75, 3.05) is 6.61 Å². The van der Waals surface area contributed by atoms with Crippen molar-refractivity contribution < 1.29 is 19.1 Å². The highest BCUT2D eigenvalue weighted by molar-refractivity contribution is 5.82. The lowest BCUT2D eigenvalue weighted by molar-refractivity contribution is -0.151. The first kappa shape index (κ1) is 20.1. The highest BCUT2D eigenvalue weighted by atomic mass is 16.6. The van der Waals surface area contributed by atoms with Crippen LogP contribution in [-0.2, 0) is 14.3 Å². The standard InChI is InChI=1S/C26H29NO4/c28-25(31-18-7-1-2-8-18)24(15-17-13-14-17)27-26(29)30-16-23-21-11-5-3-9-19(21)20-10-4-6-12-22(20)23/h3-6,9-12,17-18,23-24H,1-2,7-8,13-16H2,(H,27,29). The zero-order valence-electron chi connectivity index (χ0n) is 17.7. The van der Waals surface area contributed by atoms with Gasteiger partial charge in [-0.25, -0.2) is 9.59 Å². The summed E-state index contributed by atoms with van der Waals surface area (Å²) in [4.78, 5) is 25.3. The Kier molecular flexibility index (Phi) is 5.66. The Morgan fingerprint density at radius 2 is 1.52 bits per heavy atom. The van der Waals surface area contributed by atoms with Gasteiger partial charge in [0.25, 0.3) is 0 Å². The zero-order chi connectivity index (χ0) is 21.2. The molecule has 1 unspecified atom stereocenters. The van der Waals surface area contributed by atoms with Crippen LogP contribution in [0.2, 0.25) is 0 Å². The smallest absolute Gasteiger partial charge is 0.407 e. The number of carbonyl (C=O) groups is 2. The molecule has 1 N–H and O–H groups in total. The second-order valence-corrected chi connectivity index (χ2v) is 9.04. The number of nitrogens with one attached hydrogen (secondary N) is 1. The fourth-order valence-corrected chi connectivity index (χ4v) is 4.94. The molecule has 1 atom stereocenters. The molecule has 0 heterocycles. The van der Waals surface area contributed by atoms with Crippen molar-refractivity contribution in [3.05, 3.63) is 59.7 Å². The summed E-state index contributed by atoms with van der Waals surface area (Å²) in [6.07, 6.45) is 6.36. The first-order chi connectivity index (χ1) is 15.2. The Labute approximate surface area is 183 Å². The Morgan fingerprint density at radius 1 is 0.903 bits per heavy atom. The molecule has 1 amide bonds. The van der Waals surface area contributed by atoms with Gasteiger partial charge < -0.3 is 14.8 Å². The average Bonchev–Trinajstić information content (AvgIpc) is 3.35. The molecule has 31 heavy (non-hydrogen) atoms. The number of fused-ring (bicyclic) bond motifs is 3. The van der Waals surface area contributed by atoms with Crippen LogP contribution in [-0.4, -0.2) is 30.8 Å². The SMILES string of the molecule is O=C(NC(CC1CC1)C(=O)OC1CCCC1)OCC1c2ccccc2-c2ccccc21. The summed E-state index contributed by atoms with van der Waals surface area (Å²) in [6, 6.07) is 15.9. The van der Waals surface area contributed by atoms with Crippen LogP contribution in [0.15, 0.2) is 48.5 Å². The van der Waals surface area contributed by atoms with Crippen LogP contribution < -0.4 is 5.32 Å². The number of rotatable bonds is 7. The van der Waals surface area contributed by atoms with Gasteiger partial charge in [0, 0.05) is 5.92 Å². The molecule has 5 nitrogen and oxygen atoms in total. The van der Waals surface area contributed by atoms with Crippen molar-refractivity contribution in [2.24, 2.45) is 5.92 Å². The topological polar surface area (TPSA) is 64.6 Å². The lowest BCUT2D eigenvalue weighted by atomic mass is 9.98. The molecule has 0 radical (unpaired) electrons. The molecule has 2 saturated carbocycles. The van der Waals surface area contributed by atoms with E-state index in [1.165, 1.54) is 22.3 Å². The van der Waals surface area contributed by atoms with E-state index in [4.69, 9.17) is 9.47 Å². The molecule has 5 heteroatoms. The molecular formula is C26H29NO4. The maximum absolute atomic E-state index is 12.7. The van der Waals surface area contributed by atoms with Crippen LogP contribution >= 0.6 is 0 Å².